The van der Waals surface area contributed by atoms with Crippen LogP contribution in [0.3, 0.4) is 0 Å². The fourth-order valence-corrected chi connectivity index (χ4v) is 4.31. The number of benzene rings is 1. The molecule has 0 spiro atoms. The molecule has 0 unspecified atom stereocenters. The maximum Gasteiger partial charge on any atom is 0.387 e. The first-order valence-corrected chi connectivity index (χ1v) is 9.72. The lowest BCUT2D eigenvalue weighted by Crippen LogP contribution is -2.44. The van der Waals surface area contributed by atoms with Gasteiger partial charge in [0.15, 0.2) is 11.5 Å². The number of carbonyl (C=O) groups is 1. The topological polar surface area (TPSA) is 38.8 Å². The van der Waals surface area contributed by atoms with E-state index in [4.69, 9.17) is 4.74 Å². The molecule has 0 radical (unpaired) electrons. The second-order valence-electron chi connectivity index (χ2n) is 7.21. The van der Waals surface area contributed by atoms with Crippen LogP contribution >= 0.6 is 0 Å². The Labute approximate surface area is 159 Å². The zero-order valence-electron chi connectivity index (χ0n) is 15.7. The van der Waals surface area contributed by atoms with Crippen LogP contribution in [-0.2, 0) is 4.79 Å². The van der Waals surface area contributed by atoms with Crippen molar-refractivity contribution in [3.8, 4) is 11.5 Å². The summed E-state index contributed by atoms with van der Waals surface area (Å²) in [5, 5.41) is 0. The number of nitrogens with zero attached hydrogens (tertiary/aromatic N) is 1. The molecule has 148 valence electrons. The fraction of sp³-hybridized carbons (Fsp3) is 0.571. The van der Waals surface area contributed by atoms with Crippen molar-refractivity contribution in [3.63, 3.8) is 0 Å². The SMILES string of the molecule is COc1cccc(/C=C\C(=O)N(C2CCCC2)C2CCCC2)c1OC(F)F. The molecule has 6 heteroatoms. The van der Waals surface area contributed by atoms with Gasteiger partial charge < -0.3 is 14.4 Å². The second-order valence-corrected chi connectivity index (χ2v) is 7.21. The van der Waals surface area contributed by atoms with Crippen LogP contribution in [0.25, 0.3) is 6.08 Å². The summed E-state index contributed by atoms with van der Waals surface area (Å²) in [4.78, 5) is 15.0. The van der Waals surface area contributed by atoms with E-state index in [0.29, 0.717) is 17.6 Å². The molecular weight excluding hydrogens is 352 g/mol. The third-order valence-electron chi connectivity index (χ3n) is 5.53. The first kappa shape index (κ1) is 19.6. The van der Waals surface area contributed by atoms with Crippen LogP contribution in [0.1, 0.15) is 56.9 Å². The van der Waals surface area contributed by atoms with E-state index in [1.807, 2.05) is 4.90 Å². The molecule has 0 aliphatic heterocycles. The monoisotopic (exact) mass is 379 g/mol. The Hall–Kier alpha value is -2.11. The number of methoxy groups -OCH3 is 1. The molecule has 0 saturated heterocycles. The summed E-state index contributed by atoms with van der Waals surface area (Å²) in [7, 11) is 1.40. The Morgan fingerprint density at radius 3 is 2.22 bits per heavy atom. The quantitative estimate of drug-likeness (QED) is 0.624. The molecular formula is C21H27F2NO3. The Bertz CT molecular complexity index is 649. The smallest absolute Gasteiger partial charge is 0.387 e. The first-order chi connectivity index (χ1) is 13.1. The van der Waals surface area contributed by atoms with Crippen molar-refractivity contribution in [1.29, 1.82) is 0 Å². The standard InChI is InChI=1S/C21H27F2NO3/c1-26-18-12-6-7-15(20(18)27-21(22)23)13-14-19(25)24(16-8-2-3-9-16)17-10-4-5-11-17/h6-7,12-14,16-17,21H,2-5,8-11H2,1H3/b14-13-. The summed E-state index contributed by atoms with van der Waals surface area (Å²) in [6.07, 6.45) is 11.9. The number of alkyl halides is 2. The average Bonchev–Trinajstić information content (AvgIpc) is 3.35. The lowest BCUT2D eigenvalue weighted by Gasteiger charge is -2.33. The minimum Gasteiger partial charge on any atom is -0.493 e. The molecule has 0 N–H and O–H groups in total. The fourth-order valence-electron chi connectivity index (χ4n) is 4.31. The van der Waals surface area contributed by atoms with Gasteiger partial charge in [0.05, 0.1) is 7.11 Å². The van der Waals surface area contributed by atoms with Gasteiger partial charge in [-0.25, -0.2) is 0 Å². The molecule has 1 aromatic rings. The van der Waals surface area contributed by atoms with Gasteiger partial charge in [-0.1, -0.05) is 37.8 Å². The summed E-state index contributed by atoms with van der Waals surface area (Å²) in [6.45, 7) is -2.96. The zero-order chi connectivity index (χ0) is 19.2. The lowest BCUT2D eigenvalue weighted by molar-refractivity contribution is -0.130. The normalized spacial score (nSPS) is 18.5. The molecule has 0 bridgehead atoms. The zero-order valence-corrected chi connectivity index (χ0v) is 15.7. The number of hydrogen-bond donors (Lipinski definition) is 0. The van der Waals surface area contributed by atoms with E-state index in [1.54, 1.807) is 24.3 Å². The largest absolute Gasteiger partial charge is 0.493 e. The van der Waals surface area contributed by atoms with Crippen molar-refractivity contribution < 1.29 is 23.0 Å². The molecule has 4 nitrogen and oxygen atoms in total. The van der Waals surface area contributed by atoms with Crippen molar-refractivity contribution in [2.24, 2.45) is 0 Å². The van der Waals surface area contributed by atoms with E-state index in [1.165, 1.54) is 13.2 Å². The molecule has 3 rings (SSSR count). The minimum absolute atomic E-state index is 0.0420. The van der Waals surface area contributed by atoms with Gasteiger partial charge in [-0.2, -0.15) is 8.78 Å². The predicted octanol–water partition coefficient (Wildman–Crippen LogP) is 5.02. The molecule has 0 heterocycles. The molecule has 0 atom stereocenters. The van der Waals surface area contributed by atoms with Gasteiger partial charge in [0.25, 0.3) is 0 Å². The van der Waals surface area contributed by atoms with Gasteiger partial charge in [-0.3, -0.25) is 4.79 Å². The average molecular weight is 379 g/mol. The molecule has 27 heavy (non-hydrogen) atoms. The van der Waals surface area contributed by atoms with Gasteiger partial charge in [0.1, 0.15) is 0 Å². The summed E-state index contributed by atoms with van der Waals surface area (Å²) in [5.41, 5.74) is 0.404. The summed E-state index contributed by atoms with van der Waals surface area (Å²) < 4.78 is 35.3. The van der Waals surface area contributed by atoms with Gasteiger partial charge in [0.2, 0.25) is 5.91 Å². The molecule has 2 fully saturated rings. The van der Waals surface area contributed by atoms with Crippen LogP contribution in [0, 0.1) is 0 Å². The Morgan fingerprint density at radius 1 is 1.11 bits per heavy atom. The van der Waals surface area contributed by atoms with E-state index in [-0.39, 0.29) is 17.4 Å². The van der Waals surface area contributed by atoms with Crippen LogP contribution in [0.2, 0.25) is 0 Å². The maximum atomic E-state index is 13.0. The molecule has 2 saturated carbocycles. The van der Waals surface area contributed by atoms with E-state index in [9.17, 15) is 13.6 Å². The van der Waals surface area contributed by atoms with Crippen molar-refractivity contribution in [3.05, 3.63) is 29.8 Å². The third-order valence-corrected chi connectivity index (χ3v) is 5.53. The number of carbonyl (C=O) groups excluding carboxylic acids is 1. The Morgan fingerprint density at radius 2 is 1.70 bits per heavy atom. The highest BCUT2D eigenvalue weighted by Gasteiger charge is 2.33. The van der Waals surface area contributed by atoms with Crippen molar-refractivity contribution >= 4 is 12.0 Å². The van der Waals surface area contributed by atoms with Crippen molar-refractivity contribution in [1.82, 2.24) is 4.90 Å². The summed E-state index contributed by atoms with van der Waals surface area (Å²) in [6, 6.07) is 5.48. The van der Waals surface area contributed by atoms with Crippen LogP contribution in [0.5, 0.6) is 11.5 Å². The van der Waals surface area contributed by atoms with E-state index < -0.39 is 6.61 Å². The summed E-state index contributed by atoms with van der Waals surface area (Å²) in [5.74, 6) is 0.125. The van der Waals surface area contributed by atoms with Gasteiger partial charge in [-0.05, 0) is 37.8 Å². The second kappa shape index (κ2) is 9.20. The molecule has 2 aliphatic rings. The predicted molar refractivity (Wildman–Crippen MR) is 100 cm³/mol. The highest BCUT2D eigenvalue weighted by molar-refractivity contribution is 5.92. The molecule has 1 amide bonds. The molecule has 1 aromatic carbocycles. The first-order valence-electron chi connectivity index (χ1n) is 9.72. The van der Waals surface area contributed by atoms with Crippen LogP contribution in [-0.4, -0.2) is 36.6 Å². The van der Waals surface area contributed by atoms with Gasteiger partial charge in [-0.15, -0.1) is 0 Å². The van der Waals surface area contributed by atoms with Gasteiger partial charge in [0, 0.05) is 23.7 Å². The van der Waals surface area contributed by atoms with Crippen LogP contribution < -0.4 is 9.47 Å². The number of para-hydroxylation sites is 1. The Balaban J connectivity index is 1.81. The van der Waals surface area contributed by atoms with Crippen LogP contribution in [0.15, 0.2) is 24.3 Å². The highest BCUT2D eigenvalue weighted by Crippen LogP contribution is 2.34. The number of halogens is 2. The van der Waals surface area contributed by atoms with E-state index >= 15 is 0 Å². The van der Waals surface area contributed by atoms with Crippen molar-refractivity contribution in [2.75, 3.05) is 7.11 Å². The van der Waals surface area contributed by atoms with E-state index in [0.717, 1.165) is 51.4 Å². The lowest BCUT2D eigenvalue weighted by atomic mass is 10.1. The number of ether oxygens (including phenoxy) is 2. The van der Waals surface area contributed by atoms with E-state index in [2.05, 4.69) is 4.74 Å². The summed E-state index contributed by atoms with van der Waals surface area (Å²) >= 11 is 0. The van der Waals surface area contributed by atoms with Crippen LogP contribution in [0.4, 0.5) is 8.78 Å². The number of amides is 1. The molecule has 2 aliphatic carbocycles. The highest BCUT2D eigenvalue weighted by atomic mass is 19.3. The molecule has 0 aromatic heterocycles. The minimum atomic E-state index is -2.96. The Kier molecular flexibility index (Phi) is 6.69. The third kappa shape index (κ3) is 4.79. The number of rotatable bonds is 7. The van der Waals surface area contributed by atoms with Crippen molar-refractivity contribution in [2.45, 2.75) is 70.1 Å². The maximum absolute atomic E-state index is 13.0. The van der Waals surface area contributed by atoms with Gasteiger partial charge >= 0.3 is 6.61 Å². The number of hydrogen-bond acceptors (Lipinski definition) is 3.